The smallest absolute Gasteiger partial charge is 0.374 e. The minimum atomic E-state index is -0.589. The van der Waals surface area contributed by atoms with Gasteiger partial charge in [0, 0.05) is 19.1 Å². The summed E-state index contributed by atoms with van der Waals surface area (Å²) in [4.78, 5) is 11.4. The maximum absolute atomic E-state index is 11.4. The van der Waals surface area contributed by atoms with E-state index in [9.17, 15) is 4.79 Å². The van der Waals surface area contributed by atoms with E-state index in [2.05, 4.69) is 0 Å². The van der Waals surface area contributed by atoms with E-state index in [0.717, 1.165) is 25.9 Å². The van der Waals surface area contributed by atoms with Crippen molar-refractivity contribution in [1.29, 1.82) is 0 Å². The monoisotopic (exact) mass is 270 g/mol. The predicted octanol–water partition coefficient (Wildman–Crippen LogP) is 2.08. The van der Waals surface area contributed by atoms with Crippen molar-refractivity contribution in [2.75, 3.05) is 19.8 Å². The molecular formula is C13H18O6. The van der Waals surface area contributed by atoms with Gasteiger partial charge in [-0.3, -0.25) is 0 Å². The lowest BCUT2D eigenvalue weighted by molar-refractivity contribution is -0.163. The molecule has 1 atom stereocenters. The highest BCUT2D eigenvalue weighted by Gasteiger charge is 2.14. The van der Waals surface area contributed by atoms with Crippen LogP contribution in [0.5, 0.6) is 5.95 Å². The Morgan fingerprint density at radius 1 is 1.37 bits per heavy atom. The Labute approximate surface area is 111 Å². The van der Waals surface area contributed by atoms with Crippen molar-refractivity contribution in [3.8, 4) is 5.95 Å². The Bertz CT molecular complexity index is 394. The van der Waals surface area contributed by atoms with E-state index in [1.165, 1.54) is 12.1 Å². The largest absolute Gasteiger partial charge is 0.481 e. The fourth-order valence-electron chi connectivity index (χ4n) is 1.79. The van der Waals surface area contributed by atoms with Crippen LogP contribution in [0.25, 0.3) is 0 Å². The Morgan fingerprint density at radius 2 is 2.26 bits per heavy atom. The van der Waals surface area contributed by atoms with Crippen LogP contribution in [0.1, 0.15) is 36.2 Å². The first-order valence-electron chi connectivity index (χ1n) is 6.45. The molecule has 1 unspecified atom stereocenters. The summed E-state index contributed by atoms with van der Waals surface area (Å²) >= 11 is 0. The number of hydrogen-bond donors (Lipinski definition) is 1. The van der Waals surface area contributed by atoms with Crippen LogP contribution in [0.2, 0.25) is 0 Å². The normalized spacial score (nSPS) is 19.3. The molecule has 0 saturated carbocycles. The molecule has 6 nitrogen and oxygen atoms in total. The zero-order chi connectivity index (χ0) is 13.5. The average Bonchev–Trinajstić information content (AvgIpc) is 2.86. The van der Waals surface area contributed by atoms with Gasteiger partial charge in [0.25, 0.3) is 5.95 Å². The number of rotatable bonds is 6. The molecule has 1 aromatic rings. The number of hydrogen-bond acceptors (Lipinski definition) is 6. The number of furan rings is 1. The molecule has 1 saturated heterocycles. The van der Waals surface area contributed by atoms with E-state index >= 15 is 0 Å². The maximum Gasteiger partial charge on any atom is 0.374 e. The van der Waals surface area contributed by atoms with Crippen LogP contribution in [-0.2, 0) is 14.2 Å². The molecule has 0 bridgehead atoms. The Balaban J connectivity index is 1.55. The van der Waals surface area contributed by atoms with Crippen LogP contribution in [0.3, 0.4) is 0 Å². The van der Waals surface area contributed by atoms with Gasteiger partial charge in [-0.1, -0.05) is 0 Å². The van der Waals surface area contributed by atoms with Crippen molar-refractivity contribution in [1.82, 2.24) is 0 Å². The van der Waals surface area contributed by atoms with Gasteiger partial charge < -0.3 is 23.7 Å². The van der Waals surface area contributed by atoms with Crippen LogP contribution in [0.15, 0.2) is 16.5 Å². The Morgan fingerprint density at radius 3 is 2.95 bits per heavy atom. The highest BCUT2D eigenvalue weighted by atomic mass is 16.7. The molecule has 0 aromatic carbocycles. The molecule has 0 radical (unpaired) electrons. The highest BCUT2D eigenvalue weighted by Crippen LogP contribution is 2.15. The predicted molar refractivity (Wildman–Crippen MR) is 64.8 cm³/mol. The second-order valence-corrected chi connectivity index (χ2v) is 4.29. The summed E-state index contributed by atoms with van der Waals surface area (Å²) in [6, 6.07) is 2.66. The van der Waals surface area contributed by atoms with Gasteiger partial charge in [-0.05, 0) is 25.3 Å². The van der Waals surface area contributed by atoms with Gasteiger partial charge in [0.2, 0.25) is 5.76 Å². The minimum absolute atomic E-state index is 0.00553. The first-order valence-corrected chi connectivity index (χ1v) is 6.45. The molecular weight excluding hydrogens is 252 g/mol. The summed E-state index contributed by atoms with van der Waals surface area (Å²) in [7, 11) is 0. The quantitative estimate of drug-likeness (QED) is 0.630. The number of carbonyl (C=O) groups excluding carboxylic acids is 1. The maximum atomic E-state index is 11.4. The zero-order valence-electron chi connectivity index (χ0n) is 10.7. The summed E-state index contributed by atoms with van der Waals surface area (Å²) in [5.41, 5.74) is 0. The molecule has 2 heterocycles. The molecule has 0 amide bonds. The van der Waals surface area contributed by atoms with Crippen LogP contribution in [0.4, 0.5) is 0 Å². The number of esters is 1. The minimum Gasteiger partial charge on any atom is -0.481 e. The molecule has 2 rings (SSSR count). The first kappa shape index (κ1) is 13.9. The summed E-state index contributed by atoms with van der Waals surface area (Å²) in [6.07, 6.45) is 3.62. The lowest BCUT2D eigenvalue weighted by Crippen LogP contribution is -2.23. The molecule has 1 aromatic heterocycles. The molecule has 1 aliphatic heterocycles. The SMILES string of the molecule is O=C(OCCCOC1CCCCO1)c1ccc(O)o1. The van der Waals surface area contributed by atoms with Crippen molar-refractivity contribution in [3.05, 3.63) is 17.9 Å². The molecule has 106 valence electrons. The van der Waals surface area contributed by atoms with Crippen LogP contribution >= 0.6 is 0 Å². The highest BCUT2D eigenvalue weighted by molar-refractivity contribution is 5.86. The van der Waals surface area contributed by atoms with E-state index in [1.807, 2.05) is 0 Å². The molecule has 1 aliphatic rings. The summed E-state index contributed by atoms with van der Waals surface area (Å²) in [5.74, 6) is -0.895. The second-order valence-electron chi connectivity index (χ2n) is 4.29. The van der Waals surface area contributed by atoms with Gasteiger partial charge >= 0.3 is 5.97 Å². The number of carbonyl (C=O) groups is 1. The zero-order valence-corrected chi connectivity index (χ0v) is 10.7. The summed E-state index contributed by atoms with van der Waals surface area (Å²) in [5, 5.41) is 8.95. The van der Waals surface area contributed by atoms with Crippen molar-refractivity contribution in [2.45, 2.75) is 32.0 Å². The third-order valence-corrected chi connectivity index (χ3v) is 2.76. The van der Waals surface area contributed by atoms with E-state index in [0.29, 0.717) is 13.0 Å². The molecule has 1 fully saturated rings. The van der Waals surface area contributed by atoms with Crippen molar-refractivity contribution >= 4 is 5.97 Å². The summed E-state index contributed by atoms with van der Waals surface area (Å²) < 4.78 is 20.6. The second kappa shape index (κ2) is 7.16. The van der Waals surface area contributed by atoms with Gasteiger partial charge in [0.15, 0.2) is 6.29 Å². The van der Waals surface area contributed by atoms with Gasteiger partial charge in [-0.25, -0.2) is 4.79 Å². The fourth-order valence-corrected chi connectivity index (χ4v) is 1.79. The fraction of sp³-hybridized carbons (Fsp3) is 0.615. The van der Waals surface area contributed by atoms with E-state index in [1.54, 1.807) is 0 Å². The Hall–Kier alpha value is -1.53. The van der Waals surface area contributed by atoms with Crippen LogP contribution in [0, 0.1) is 0 Å². The van der Waals surface area contributed by atoms with Gasteiger partial charge in [-0.2, -0.15) is 0 Å². The number of ether oxygens (including phenoxy) is 3. The van der Waals surface area contributed by atoms with Crippen molar-refractivity contribution in [3.63, 3.8) is 0 Å². The average molecular weight is 270 g/mol. The van der Waals surface area contributed by atoms with Gasteiger partial charge in [-0.15, -0.1) is 0 Å². The van der Waals surface area contributed by atoms with E-state index in [4.69, 9.17) is 23.7 Å². The van der Waals surface area contributed by atoms with Crippen LogP contribution < -0.4 is 0 Å². The van der Waals surface area contributed by atoms with Crippen LogP contribution in [-0.4, -0.2) is 37.2 Å². The lowest BCUT2D eigenvalue weighted by Gasteiger charge is -2.22. The molecule has 19 heavy (non-hydrogen) atoms. The van der Waals surface area contributed by atoms with Gasteiger partial charge in [0.05, 0.1) is 13.2 Å². The lowest BCUT2D eigenvalue weighted by atomic mass is 10.2. The Kier molecular flexibility index (Phi) is 5.23. The first-order chi connectivity index (χ1) is 9.25. The van der Waals surface area contributed by atoms with Gasteiger partial charge in [0.1, 0.15) is 0 Å². The van der Waals surface area contributed by atoms with Crippen molar-refractivity contribution < 1.29 is 28.5 Å². The third kappa shape index (κ3) is 4.57. The number of aromatic hydroxyl groups is 1. The van der Waals surface area contributed by atoms with E-state index in [-0.39, 0.29) is 24.6 Å². The molecule has 0 aliphatic carbocycles. The molecule has 0 spiro atoms. The molecule has 6 heteroatoms. The third-order valence-electron chi connectivity index (χ3n) is 2.76. The standard InChI is InChI=1S/C13H18O6/c14-11-6-5-10(19-11)13(15)18-9-3-8-17-12-4-1-2-7-16-12/h5-6,12,14H,1-4,7-9H2. The topological polar surface area (TPSA) is 78.1 Å². The van der Waals surface area contributed by atoms with E-state index < -0.39 is 5.97 Å². The molecule has 1 N–H and O–H groups in total. The summed E-state index contributed by atoms with van der Waals surface area (Å²) in [6.45, 7) is 1.48. The van der Waals surface area contributed by atoms with Crippen molar-refractivity contribution in [2.24, 2.45) is 0 Å².